The summed E-state index contributed by atoms with van der Waals surface area (Å²) in [4.78, 5) is 38.9. The Labute approximate surface area is 209 Å². The van der Waals surface area contributed by atoms with Crippen molar-refractivity contribution in [3.05, 3.63) is 40.2 Å². The molecule has 2 aromatic heterocycles. The Morgan fingerprint density at radius 3 is 2.62 bits per heavy atom. The van der Waals surface area contributed by atoms with Crippen LogP contribution in [0.15, 0.2) is 22.8 Å². The quantitative estimate of drug-likeness (QED) is 0.210. The number of anilines is 1. The Balaban J connectivity index is 1.84. The molecule has 3 amide bonds. The maximum atomic E-state index is 13.0. The van der Waals surface area contributed by atoms with E-state index in [9.17, 15) is 14.4 Å². The highest BCUT2D eigenvalue weighted by Gasteiger charge is 2.38. The van der Waals surface area contributed by atoms with E-state index >= 15 is 0 Å². The monoisotopic (exact) mass is 539 g/mol. The first-order valence-corrected chi connectivity index (χ1v) is 12.0. The van der Waals surface area contributed by atoms with Crippen LogP contribution in [-0.4, -0.2) is 34.5 Å². The largest absolute Gasteiger partial charge is 0.462 e. The molecule has 1 aliphatic carbocycles. The maximum absolute atomic E-state index is 13.0. The van der Waals surface area contributed by atoms with Crippen LogP contribution in [0.4, 0.5) is 9.80 Å². The third-order valence-corrected chi connectivity index (χ3v) is 7.08. The molecule has 8 nitrogen and oxygen atoms in total. The van der Waals surface area contributed by atoms with Crippen LogP contribution in [-0.2, 0) is 17.6 Å². The minimum Gasteiger partial charge on any atom is -0.462 e. The number of hydrogen-bond donors (Lipinski definition) is 3. The van der Waals surface area contributed by atoms with Gasteiger partial charge in [-0.15, -0.1) is 11.3 Å². The van der Waals surface area contributed by atoms with E-state index in [4.69, 9.17) is 44.0 Å². The van der Waals surface area contributed by atoms with Gasteiger partial charge >= 0.3 is 12.0 Å². The lowest BCUT2D eigenvalue weighted by Gasteiger charge is -2.28. The molecule has 2 N–H and O–H groups in total. The molecule has 2 aromatic rings. The SMILES string of the molecule is CCOC(=O)c1c(N(S)C(=O)NC(NC(=O)c2ccco2)C(Cl)(Cl)Cl)sc2c1CCCC2. The average molecular weight is 541 g/mol. The number of thiophene rings is 1. The van der Waals surface area contributed by atoms with Crippen LogP contribution in [0.5, 0.6) is 0 Å². The number of furan rings is 1. The van der Waals surface area contributed by atoms with E-state index in [1.54, 1.807) is 6.92 Å². The van der Waals surface area contributed by atoms with Crippen molar-refractivity contribution in [3.8, 4) is 0 Å². The highest BCUT2D eigenvalue weighted by molar-refractivity contribution is 7.83. The van der Waals surface area contributed by atoms with Gasteiger partial charge in [0.15, 0.2) is 11.9 Å². The molecule has 1 atom stereocenters. The van der Waals surface area contributed by atoms with Crippen LogP contribution in [0.2, 0.25) is 0 Å². The van der Waals surface area contributed by atoms with Crippen molar-refractivity contribution < 1.29 is 23.5 Å². The van der Waals surface area contributed by atoms with E-state index in [0.29, 0.717) is 17.0 Å². The van der Waals surface area contributed by atoms with E-state index < -0.39 is 27.9 Å². The average Bonchev–Trinajstić information content (AvgIpc) is 3.40. The zero-order chi connectivity index (χ0) is 23.5. The summed E-state index contributed by atoms with van der Waals surface area (Å²) in [5.41, 5.74) is 1.17. The first kappa shape index (κ1) is 25.0. The fourth-order valence-corrected chi connectivity index (χ4v) is 5.09. The smallest absolute Gasteiger partial charge is 0.341 e. The Bertz CT molecular complexity index is 991. The first-order chi connectivity index (χ1) is 15.1. The molecule has 0 fully saturated rings. The summed E-state index contributed by atoms with van der Waals surface area (Å²) in [6.45, 7) is 1.89. The number of ether oxygens (including phenoxy) is 1. The van der Waals surface area contributed by atoms with Gasteiger partial charge in [0.2, 0.25) is 3.79 Å². The summed E-state index contributed by atoms with van der Waals surface area (Å²) < 4.78 is 9.07. The topological polar surface area (TPSA) is 101 Å². The van der Waals surface area contributed by atoms with E-state index in [1.165, 1.54) is 29.7 Å². The number of halogens is 3. The van der Waals surface area contributed by atoms with Crippen molar-refractivity contribution in [2.24, 2.45) is 0 Å². The third-order valence-electron chi connectivity index (χ3n) is 4.63. The number of aryl methyl sites for hydroxylation is 1. The van der Waals surface area contributed by atoms with Crippen LogP contribution < -0.4 is 14.9 Å². The van der Waals surface area contributed by atoms with Crippen molar-refractivity contribution in [1.29, 1.82) is 0 Å². The van der Waals surface area contributed by atoms with Gasteiger partial charge in [-0.2, -0.15) is 0 Å². The van der Waals surface area contributed by atoms with Gasteiger partial charge in [-0.3, -0.25) is 4.79 Å². The summed E-state index contributed by atoms with van der Waals surface area (Å²) in [5, 5.41) is 5.12. The van der Waals surface area contributed by atoms with Crippen LogP contribution in [0.1, 0.15) is 51.1 Å². The van der Waals surface area contributed by atoms with Crippen molar-refractivity contribution in [3.63, 3.8) is 0 Å². The summed E-state index contributed by atoms with van der Waals surface area (Å²) >= 11 is 23.5. The molecule has 174 valence electrons. The van der Waals surface area contributed by atoms with E-state index in [-0.39, 0.29) is 12.4 Å². The van der Waals surface area contributed by atoms with Crippen molar-refractivity contribution in [2.45, 2.75) is 42.6 Å². The summed E-state index contributed by atoms with van der Waals surface area (Å²) in [5.74, 6) is -1.26. The normalized spacial score (nSPS) is 14.3. The molecule has 0 spiro atoms. The highest BCUT2D eigenvalue weighted by atomic mass is 35.6. The fraction of sp³-hybridized carbons (Fsp3) is 0.421. The van der Waals surface area contributed by atoms with E-state index in [2.05, 4.69) is 23.4 Å². The number of fused-ring (bicyclic) bond motifs is 1. The summed E-state index contributed by atoms with van der Waals surface area (Å²) in [6, 6.07) is 2.12. The second kappa shape index (κ2) is 10.6. The molecule has 0 saturated carbocycles. The molecule has 13 heteroatoms. The number of alkyl halides is 3. The number of nitrogens with zero attached hydrogens (tertiary/aromatic N) is 1. The lowest BCUT2D eigenvalue weighted by molar-refractivity contribution is 0.0526. The number of carbonyl (C=O) groups excluding carboxylic acids is 3. The lowest BCUT2D eigenvalue weighted by atomic mass is 9.95. The van der Waals surface area contributed by atoms with Crippen molar-refractivity contribution in [1.82, 2.24) is 10.6 Å². The number of hydrogen-bond acceptors (Lipinski definition) is 7. The lowest BCUT2D eigenvalue weighted by Crippen LogP contribution is -2.57. The zero-order valence-electron chi connectivity index (χ0n) is 16.8. The molecule has 0 saturated heterocycles. The first-order valence-electron chi connectivity index (χ1n) is 9.65. The van der Waals surface area contributed by atoms with Gasteiger partial charge < -0.3 is 19.8 Å². The van der Waals surface area contributed by atoms with Gasteiger partial charge in [0.25, 0.3) is 5.91 Å². The number of amides is 3. The highest BCUT2D eigenvalue weighted by Crippen LogP contribution is 2.41. The van der Waals surface area contributed by atoms with Crippen LogP contribution >= 0.6 is 59.0 Å². The van der Waals surface area contributed by atoms with E-state index in [1.807, 2.05) is 0 Å². The zero-order valence-corrected chi connectivity index (χ0v) is 20.8. The summed E-state index contributed by atoms with van der Waals surface area (Å²) in [7, 11) is 0. The van der Waals surface area contributed by atoms with Gasteiger partial charge in [-0.05, 0) is 50.3 Å². The van der Waals surface area contributed by atoms with Crippen molar-refractivity contribution in [2.75, 3.05) is 10.9 Å². The molecule has 32 heavy (non-hydrogen) atoms. The number of carbonyl (C=O) groups is 3. The van der Waals surface area contributed by atoms with Crippen molar-refractivity contribution >= 4 is 81.9 Å². The third kappa shape index (κ3) is 5.66. The second-order valence-electron chi connectivity index (χ2n) is 6.80. The molecular formula is C19H20Cl3N3O5S2. The molecule has 1 unspecified atom stereocenters. The standard InChI is InChI=1S/C19H20Cl3N3O5S2/c1-2-29-16(27)13-10-6-3-4-8-12(10)32-15(13)25(31)18(28)24-17(19(20,21)22)23-14(26)11-7-5-9-30-11/h5,7,9,17,31H,2-4,6,8H2,1H3,(H,23,26)(H,24,28). The molecule has 3 rings (SSSR count). The molecule has 0 aliphatic heterocycles. The number of nitrogens with one attached hydrogen (secondary N) is 2. The van der Waals surface area contributed by atoms with E-state index in [0.717, 1.165) is 34.0 Å². The molecule has 0 aromatic carbocycles. The van der Waals surface area contributed by atoms with Gasteiger partial charge in [0.1, 0.15) is 5.00 Å². The molecule has 0 radical (unpaired) electrons. The fourth-order valence-electron chi connectivity index (χ4n) is 3.20. The van der Waals surface area contributed by atoms with Gasteiger partial charge in [-0.25, -0.2) is 13.9 Å². The molecule has 1 aliphatic rings. The number of urea groups is 1. The molecule has 0 bridgehead atoms. The van der Waals surface area contributed by atoms with Crippen LogP contribution in [0.3, 0.4) is 0 Å². The predicted octanol–water partition coefficient (Wildman–Crippen LogP) is 4.88. The van der Waals surface area contributed by atoms with Crippen LogP contribution in [0.25, 0.3) is 0 Å². The van der Waals surface area contributed by atoms with Gasteiger partial charge in [0, 0.05) is 4.88 Å². The Hall–Kier alpha value is -1.59. The molecular weight excluding hydrogens is 521 g/mol. The minimum absolute atomic E-state index is 0.0308. The minimum atomic E-state index is -2.09. The predicted molar refractivity (Wildman–Crippen MR) is 127 cm³/mol. The Morgan fingerprint density at radius 2 is 2.00 bits per heavy atom. The number of rotatable bonds is 6. The van der Waals surface area contributed by atoms with Gasteiger partial charge in [0.05, 0.1) is 18.4 Å². The summed E-state index contributed by atoms with van der Waals surface area (Å²) in [6.07, 6.45) is 3.31. The van der Waals surface area contributed by atoms with Crippen LogP contribution in [0, 0.1) is 0 Å². The number of thiol groups is 1. The maximum Gasteiger partial charge on any atom is 0.341 e. The molecule has 2 heterocycles. The number of esters is 1. The van der Waals surface area contributed by atoms with Gasteiger partial charge in [-0.1, -0.05) is 47.6 Å². The Morgan fingerprint density at radius 1 is 1.28 bits per heavy atom. The Kier molecular flexibility index (Phi) is 8.26. The second-order valence-corrected chi connectivity index (χ2v) is 10.7.